The predicted octanol–water partition coefficient (Wildman–Crippen LogP) is 3.57. The van der Waals surface area contributed by atoms with E-state index >= 15 is 0 Å². The van der Waals surface area contributed by atoms with Crippen LogP contribution in [0.3, 0.4) is 0 Å². The van der Waals surface area contributed by atoms with Gasteiger partial charge in [-0.05, 0) is 50.6 Å². The summed E-state index contributed by atoms with van der Waals surface area (Å²) < 4.78 is 17.9. The summed E-state index contributed by atoms with van der Waals surface area (Å²) in [5.41, 5.74) is 0.345. The molecule has 1 aromatic heterocycles. The highest BCUT2D eigenvalue weighted by atomic mass is 19.1. The quantitative estimate of drug-likeness (QED) is 0.901. The van der Waals surface area contributed by atoms with Gasteiger partial charge in [-0.25, -0.2) is 9.18 Å². The van der Waals surface area contributed by atoms with Gasteiger partial charge in [0.15, 0.2) is 5.82 Å². The normalized spacial score (nSPS) is 11.0. The van der Waals surface area contributed by atoms with Crippen LogP contribution in [-0.2, 0) is 11.3 Å². The number of carbonyl (C=O) groups is 1. The molecule has 0 unspecified atom stereocenters. The van der Waals surface area contributed by atoms with Crippen LogP contribution in [-0.4, -0.2) is 21.9 Å². The Morgan fingerprint density at radius 2 is 1.70 bits per heavy atom. The van der Waals surface area contributed by atoms with E-state index in [-0.39, 0.29) is 5.82 Å². The highest BCUT2D eigenvalue weighted by Gasteiger charge is 2.16. The van der Waals surface area contributed by atoms with E-state index in [2.05, 4.69) is 20.8 Å². The average molecular weight is 318 g/mol. The Balaban J connectivity index is 1.87. The van der Waals surface area contributed by atoms with Gasteiger partial charge < -0.3 is 10.1 Å². The topological polar surface area (TPSA) is 76.1 Å². The zero-order chi connectivity index (χ0) is 16.9. The van der Waals surface area contributed by atoms with Crippen LogP contribution in [0.5, 0.6) is 0 Å². The summed E-state index contributed by atoms with van der Waals surface area (Å²) >= 11 is 0. The summed E-state index contributed by atoms with van der Waals surface area (Å²) in [7, 11) is 0. The molecule has 2 rings (SSSR count). The monoisotopic (exact) mass is 318 g/mol. The zero-order valence-corrected chi connectivity index (χ0v) is 13.3. The summed E-state index contributed by atoms with van der Waals surface area (Å²) in [4.78, 5) is 11.6. The van der Waals surface area contributed by atoms with Crippen LogP contribution in [0.2, 0.25) is 0 Å². The number of rotatable bonds is 4. The SMILES string of the molecule is CC(C)(C)OC(=O)Nc1ccc(NCc2ccc(F)cc2)nn1. The standard InChI is InChI=1S/C16H19FN4O2/c1-16(2,3)23-15(22)19-14-9-8-13(20-21-14)18-10-11-4-6-12(17)7-5-11/h4-9H,10H2,1-3H3,(H,18,20)(H,19,21,22). The summed E-state index contributed by atoms with van der Waals surface area (Å²) in [5.74, 6) is 0.571. The third kappa shape index (κ3) is 5.90. The van der Waals surface area contributed by atoms with Gasteiger partial charge in [0.1, 0.15) is 17.2 Å². The lowest BCUT2D eigenvalue weighted by atomic mass is 10.2. The number of aromatic nitrogens is 2. The molecular formula is C16H19FN4O2. The Hall–Kier alpha value is -2.70. The average Bonchev–Trinajstić information content (AvgIpc) is 2.46. The summed E-state index contributed by atoms with van der Waals surface area (Å²) in [6, 6.07) is 9.47. The van der Waals surface area contributed by atoms with Crippen LogP contribution >= 0.6 is 0 Å². The number of hydrogen-bond acceptors (Lipinski definition) is 5. The number of carbonyl (C=O) groups excluding carboxylic acids is 1. The molecule has 1 amide bonds. The van der Waals surface area contributed by atoms with Crippen LogP contribution in [0.15, 0.2) is 36.4 Å². The van der Waals surface area contributed by atoms with Gasteiger partial charge in [0.2, 0.25) is 0 Å². The first-order valence-corrected chi connectivity index (χ1v) is 7.14. The number of halogens is 1. The van der Waals surface area contributed by atoms with Crippen molar-refractivity contribution in [1.82, 2.24) is 10.2 Å². The van der Waals surface area contributed by atoms with Crippen molar-refractivity contribution >= 4 is 17.7 Å². The van der Waals surface area contributed by atoms with Crippen LogP contribution < -0.4 is 10.6 Å². The molecular weight excluding hydrogens is 299 g/mol. The molecule has 23 heavy (non-hydrogen) atoms. The van der Waals surface area contributed by atoms with Crippen LogP contribution in [0.25, 0.3) is 0 Å². The van der Waals surface area contributed by atoms with Gasteiger partial charge in [-0.15, -0.1) is 10.2 Å². The van der Waals surface area contributed by atoms with Crippen molar-refractivity contribution in [3.05, 3.63) is 47.8 Å². The molecule has 0 saturated heterocycles. The summed E-state index contributed by atoms with van der Waals surface area (Å²) in [6.07, 6.45) is -0.584. The first-order chi connectivity index (χ1) is 10.8. The van der Waals surface area contributed by atoms with Crippen molar-refractivity contribution in [1.29, 1.82) is 0 Å². The van der Waals surface area contributed by atoms with Gasteiger partial charge in [-0.3, -0.25) is 5.32 Å². The number of ether oxygens (including phenoxy) is 1. The van der Waals surface area contributed by atoms with E-state index < -0.39 is 11.7 Å². The first-order valence-electron chi connectivity index (χ1n) is 7.14. The van der Waals surface area contributed by atoms with Crippen molar-refractivity contribution in [2.24, 2.45) is 0 Å². The Morgan fingerprint density at radius 3 is 2.26 bits per heavy atom. The van der Waals surface area contributed by atoms with Gasteiger partial charge >= 0.3 is 6.09 Å². The number of anilines is 2. The second-order valence-corrected chi connectivity index (χ2v) is 5.91. The molecule has 0 bridgehead atoms. The van der Waals surface area contributed by atoms with Crippen molar-refractivity contribution in [3.63, 3.8) is 0 Å². The van der Waals surface area contributed by atoms with Crippen LogP contribution in [0.4, 0.5) is 20.8 Å². The lowest BCUT2D eigenvalue weighted by Gasteiger charge is -2.19. The van der Waals surface area contributed by atoms with Crippen molar-refractivity contribution in [2.75, 3.05) is 10.6 Å². The molecule has 7 heteroatoms. The Morgan fingerprint density at radius 1 is 1.09 bits per heavy atom. The maximum atomic E-state index is 12.8. The van der Waals surface area contributed by atoms with E-state index in [1.165, 1.54) is 12.1 Å². The molecule has 0 saturated carbocycles. The van der Waals surface area contributed by atoms with E-state index in [1.807, 2.05) is 0 Å². The third-order valence-corrected chi connectivity index (χ3v) is 2.68. The molecule has 6 nitrogen and oxygen atoms in total. The van der Waals surface area contributed by atoms with Crippen molar-refractivity contribution in [2.45, 2.75) is 32.9 Å². The van der Waals surface area contributed by atoms with Gasteiger partial charge in [-0.2, -0.15) is 0 Å². The highest BCUT2D eigenvalue weighted by Crippen LogP contribution is 2.11. The maximum absolute atomic E-state index is 12.8. The number of nitrogens with one attached hydrogen (secondary N) is 2. The van der Waals surface area contributed by atoms with Gasteiger partial charge in [0.25, 0.3) is 0 Å². The second-order valence-electron chi connectivity index (χ2n) is 5.91. The molecule has 0 fully saturated rings. The molecule has 0 atom stereocenters. The molecule has 0 spiro atoms. The number of hydrogen-bond donors (Lipinski definition) is 2. The maximum Gasteiger partial charge on any atom is 0.413 e. The van der Waals surface area contributed by atoms with E-state index in [9.17, 15) is 9.18 Å². The van der Waals surface area contributed by atoms with Gasteiger partial charge in [0.05, 0.1) is 0 Å². The molecule has 0 aliphatic heterocycles. The van der Waals surface area contributed by atoms with Gasteiger partial charge in [0, 0.05) is 6.54 Å². The minimum Gasteiger partial charge on any atom is -0.444 e. The Bertz CT molecular complexity index is 651. The molecule has 0 aliphatic rings. The smallest absolute Gasteiger partial charge is 0.413 e. The lowest BCUT2D eigenvalue weighted by molar-refractivity contribution is 0.0635. The number of amides is 1. The highest BCUT2D eigenvalue weighted by molar-refractivity contribution is 5.83. The molecule has 122 valence electrons. The predicted molar refractivity (Wildman–Crippen MR) is 85.6 cm³/mol. The van der Waals surface area contributed by atoms with E-state index in [4.69, 9.17) is 4.74 Å². The molecule has 2 aromatic rings. The Labute approximate surface area is 134 Å². The number of nitrogens with zero attached hydrogens (tertiary/aromatic N) is 2. The molecule has 1 aromatic carbocycles. The minimum absolute atomic E-state index is 0.272. The second kappa shape index (κ2) is 7.04. The van der Waals surface area contributed by atoms with E-state index in [0.717, 1.165) is 5.56 Å². The molecule has 1 heterocycles. The Kier molecular flexibility index (Phi) is 5.10. The lowest BCUT2D eigenvalue weighted by Crippen LogP contribution is -2.27. The molecule has 0 radical (unpaired) electrons. The zero-order valence-electron chi connectivity index (χ0n) is 13.3. The molecule has 0 aliphatic carbocycles. The first kappa shape index (κ1) is 16.7. The van der Waals surface area contributed by atoms with Crippen LogP contribution in [0, 0.1) is 5.82 Å². The fourth-order valence-electron chi connectivity index (χ4n) is 1.70. The van der Waals surface area contributed by atoms with Crippen molar-refractivity contribution in [3.8, 4) is 0 Å². The summed E-state index contributed by atoms with van der Waals surface area (Å²) in [6.45, 7) is 5.83. The fourth-order valence-corrected chi connectivity index (χ4v) is 1.70. The minimum atomic E-state index is -0.584. The largest absolute Gasteiger partial charge is 0.444 e. The number of benzene rings is 1. The van der Waals surface area contributed by atoms with Gasteiger partial charge in [-0.1, -0.05) is 12.1 Å². The fraction of sp³-hybridized carbons (Fsp3) is 0.312. The third-order valence-electron chi connectivity index (χ3n) is 2.68. The molecule has 2 N–H and O–H groups in total. The van der Waals surface area contributed by atoms with Crippen molar-refractivity contribution < 1.29 is 13.9 Å². The van der Waals surface area contributed by atoms with Crippen LogP contribution in [0.1, 0.15) is 26.3 Å². The summed E-state index contributed by atoms with van der Waals surface area (Å²) in [5, 5.41) is 13.4. The van der Waals surface area contributed by atoms with E-state index in [1.54, 1.807) is 45.0 Å². The van der Waals surface area contributed by atoms with E-state index in [0.29, 0.717) is 18.2 Å².